The van der Waals surface area contributed by atoms with Crippen molar-refractivity contribution in [2.45, 2.75) is 5.38 Å². The molecular weight excluding hydrogens is 228 g/mol. The Labute approximate surface area is 94.8 Å². The molecule has 1 N–H and O–H groups in total. The molecule has 0 aliphatic carbocycles. The van der Waals surface area contributed by atoms with Crippen molar-refractivity contribution in [1.82, 2.24) is 5.32 Å². The van der Waals surface area contributed by atoms with E-state index in [-0.39, 0.29) is 17.8 Å². The van der Waals surface area contributed by atoms with Gasteiger partial charge in [0.1, 0.15) is 0 Å². The van der Waals surface area contributed by atoms with Crippen molar-refractivity contribution >= 4 is 35.6 Å². The van der Waals surface area contributed by atoms with E-state index in [0.29, 0.717) is 0 Å². The first-order valence-corrected chi connectivity index (χ1v) is 4.60. The maximum absolute atomic E-state index is 6.06. The normalized spacial score (nSPS) is 11.9. The third kappa shape index (κ3) is 3.74. The van der Waals surface area contributed by atoms with Gasteiger partial charge in [0.15, 0.2) is 0 Å². The Morgan fingerprint density at radius 1 is 1.38 bits per heavy atom. The zero-order valence-electron chi connectivity index (χ0n) is 7.26. The lowest BCUT2D eigenvalue weighted by Gasteiger charge is -2.10. The number of alkyl halides is 1. The summed E-state index contributed by atoms with van der Waals surface area (Å²) in [6.07, 6.45) is 0. The minimum Gasteiger partial charge on any atom is -0.318 e. The lowest BCUT2D eigenvalue weighted by molar-refractivity contribution is 0.771. The van der Waals surface area contributed by atoms with Gasteiger partial charge >= 0.3 is 0 Å². The number of halogens is 3. The fourth-order valence-corrected chi connectivity index (χ4v) is 1.69. The van der Waals surface area contributed by atoms with Crippen LogP contribution in [0.25, 0.3) is 0 Å². The number of nitrogens with one attached hydrogen (secondary N) is 1. The van der Waals surface area contributed by atoms with Crippen LogP contribution < -0.4 is 5.32 Å². The fraction of sp³-hybridized carbons (Fsp3) is 0.333. The van der Waals surface area contributed by atoms with E-state index < -0.39 is 0 Å². The van der Waals surface area contributed by atoms with Crippen LogP contribution in [0.4, 0.5) is 0 Å². The van der Waals surface area contributed by atoms with E-state index in [9.17, 15) is 0 Å². The second-order valence-electron chi connectivity index (χ2n) is 2.55. The summed E-state index contributed by atoms with van der Waals surface area (Å²) in [7, 11) is 1.87. The number of rotatable bonds is 3. The highest BCUT2D eigenvalue weighted by atomic mass is 35.5. The van der Waals surface area contributed by atoms with Crippen molar-refractivity contribution in [2.24, 2.45) is 0 Å². The molecule has 0 saturated carbocycles. The number of likely N-dealkylation sites (N-methyl/N-ethyl adjacent to an activating group) is 1. The van der Waals surface area contributed by atoms with Gasteiger partial charge in [-0.1, -0.05) is 29.8 Å². The molecule has 0 heterocycles. The van der Waals surface area contributed by atoms with Gasteiger partial charge in [0.2, 0.25) is 0 Å². The molecule has 74 valence electrons. The Bertz CT molecular complexity index is 252. The minimum absolute atomic E-state index is 0. The summed E-state index contributed by atoms with van der Waals surface area (Å²) in [4.78, 5) is 0. The second-order valence-corrected chi connectivity index (χ2v) is 3.48. The molecule has 0 radical (unpaired) electrons. The first kappa shape index (κ1) is 13.1. The van der Waals surface area contributed by atoms with Crippen LogP contribution >= 0.6 is 35.6 Å². The molecule has 0 aliphatic heterocycles. The quantitative estimate of drug-likeness (QED) is 0.800. The Morgan fingerprint density at radius 3 is 2.54 bits per heavy atom. The molecule has 1 atom stereocenters. The van der Waals surface area contributed by atoms with Crippen LogP contribution in [0, 0.1) is 0 Å². The SMILES string of the molecule is CNCC(Cl)c1ccccc1Cl.Cl. The molecule has 4 heteroatoms. The van der Waals surface area contributed by atoms with Gasteiger partial charge in [-0.2, -0.15) is 0 Å². The van der Waals surface area contributed by atoms with Crippen LogP contribution in [-0.2, 0) is 0 Å². The summed E-state index contributed by atoms with van der Waals surface area (Å²) in [5.74, 6) is 0. The van der Waals surface area contributed by atoms with E-state index in [4.69, 9.17) is 23.2 Å². The molecular formula is C9H12Cl3N. The Hall–Kier alpha value is 0.0500. The third-order valence-corrected chi connectivity index (χ3v) is 2.36. The lowest BCUT2D eigenvalue weighted by Crippen LogP contribution is -2.13. The van der Waals surface area contributed by atoms with E-state index in [1.807, 2.05) is 31.3 Å². The molecule has 1 unspecified atom stereocenters. The van der Waals surface area contributed by atoms with Crippen LogP contribution in [0.15, 0.2) is 24.3 Å². The van der Waals surface area contributed by atoms with Crippen LogP contribution in [0.1, 0.15) is 10.9 Å². The maximum Gasteiger partial charge on any atom is 0.0724 e. The average Bonchev–Trinajstić information content (AvgIpc) is 2.05. The van der Waals surface area contributed by atoms with E-state index in [1.54, 1.807) is 0 Å². The molecule has 1 aromatic carbocycles. The largest absolute Gasteiger partial charge is 0.318 e. The van der Waals surface area contributed by atoms with Crippen LogP contribution in [0.2, 0.25) is 5.02 Å². The Kier molecular flexibility index (Phi) is 6.52. The standard InChI is InChI=1S/C9H11Cl2N.ClH/c1-12-6-9(11)7-4-2-3-5-8(7)10;/h2-5,9,12H,6H2,1H3;1H. The van der Waals surface area contributed by atoms with Gasteiger partial charge < -0.3 is 5.32 Å². The highest BCUT2D eigenvalue weighted by molar-refractivity contribution is 6.32. The van der Waals surface area contributed by atoms with Crippen LogP contribution in [0.5, 0.6) is 0 Å². The molecule has 0 aliphatic rings. The van der Waals surface area contributed by atoms with Gasteiger partial charge in [-0.15, -0.1) is 24.0 Å². The molecule has 0 amide bonds. The van der Waals surface area contributed by atoms with Crippen molar-refractivity contribution in [3.8, 4) is 0 Å². The Morgan fingerprint density at radius 2 is 2.00 bits per heavy atom. The van der Waals surface area contributed by atoms with Gasteiger partial charge in [0, 0.05) is 11.6 Å². The molecule has 0 fully saturated rings. The van der Waals surface area contributed by atoms with Gasteiger partial charge in [-0.25, -0.2) is 0 Å². The molecule has 0 bridgehead atoms. The Balaban J connectivity index is 0.00000144. The monoisotopic (exact) mass is 239 g/mol. The van der Waals surface area contributed by atoms with Crippen molar-refractivity contribution in [2.75, 3.05) is 13.6 Å². The summed E-state index contributed by atoms with van der Waals surface area (Å²) in [6.45, 7) is 0.727. The smallest absolute Gasteiger partial charge is 0.0724 e. The van der Waals surface area contributed by atoms with E-state index in [0.717, 1.165) is 17.1 Å². The third-order valence-electron chi connectivity index (χ3n) is 1.63. The highest BCUT2D eigenvalue weighted by Crippen LogP contribution is 2.26. The molecule has 1 aromatic rings. The molecule has 13 heavy (non-hydrogen) atoms. The van der Waals surface area contributed by atoms with E-state index in [2.05, 4.69) is 5.32 Å². The summed E-state index contributed by atoms with van der Waals surface area (Å²) in [6, 6.07) is 7.63. The second kappa shape index (κ2) is 6.50. The number of hydrogen-bond acceptors (Lipinski definition) is 1. The van der Waals surface area contributed by atoms with Crippen molar-refractivity contribution in [1.29, 1.82) is 0 Å². The van der Waals surface area contributed by atoms with Crippen LogP contribution in [-0.4, -0.2) is 13.6 Å². The zero-order valence-corrected chi connectivity index (χ0v) is 9.59. The molecule has 1 rings (SSSR count). The predicted molar refractivity (Wildman–Crippen MR) is 61.2 cm³/mol. The molecule has 0 saturated heterocycles. The highest BCUT2D eigenvalue weighted by Gasteiger charge is 2.08. The number of benzene rings is 1. The minimum atomic E-state index is -0.0521. The van der Waals surface area contributed by atoms with Gasteiger partial charge in [0.25, 0.3) is 0 Å². The number of hydrogen-bond donors (Lipinski definition) is 1. The first-order chi connectivity index (χ1) is 5.75. The summed E-state index contributed by atoms with van der Waals surface area (Å²) >= 11 is 12.0. The molecule has 0 aromatic heterocycles. The predicted octanol–water partition coefficient (Wildman–Crippen LogP) is 3.26. The molecule has 0 spiro atoms. The van der Waals surface area contributed by atoms with E-state index in [1.165, 1.54) is 0 Å². The van der Waals surface area contributed by atoms with Gasteiger partial charge in [-0.05, 0) is 18.7 Å². The van der Waals surface area contributed by atoms with Gasteiger partial charge in [-0.3, -0.25) is 0 Å². The van der Waals surface area contributed by atoms with Gasteiger partial charge in [0.05, 0.1) is 5.38 Å². The lowest BCUT2D eigenvalue weighted by atomic mass is 10.1. The topological polar surface area (TPSA) is 12.0 Å². The summed E-state index contributed by atoms with van der Waals surface area (Å²) in [5.41, 5.74) is 0.982. The summed E-state index contributed by atoms with van der Waals surface area (Å²) in [5, 5.41) is 3.68. The summed E-state index contributed by atoms with van der Waals surface area (Å²) < 4.78 is 0. The molecule has 1 nitrogen and oxygen atoms in total. The average molecular weight is 241 g/mol. The van der Waals surface area contributed by atoms with E-state index >= 15 is 0 Å². The zero-order chi connectivity index (χ0) is 8.97. The van der Waals surface area contributed by atoms with Crippen molar-refractivity contribution in [3.05, 3.63) is 34.9 Å². The van der Waals surface area contributed by atoms with Crippen LogP contribution in [0.3, 0.4) is 0 Å². The first-order valence-electron chi connectivity index (χ1n) is 3.79. The maximum atomic E-state index is 6.06. The van der Waals surface area contributed by atoms with Crippen molar-refractivity contribution < 1.29 is 0 Å². The fourth-order valence-electron chi connectivity index (χ4n) is 1.02. The van der Waals surface area contributed by atoms with Crippen molar-refractivity contribution in [3.63, 3.8) is 0 Å².